The van der Waals surface area contributed by atoms with Gasteiger partial charge in [0.2, 0.25) is 0 Å². The first kappa shape index (κ1) is 13.2. The molecule has 2 rings (SSSR count). The Hall–Kier alpha value is -1.20. The zero-order valence-corrected chi connectivity index (χ0v) is 11.1. The molecule has 0 amide bonds. The van der Waals surface area contributed by atoms with Crippen molar-refractivity contribution in [3.05, 3.63) is 17.7 Å². The van der Waals surface area contributed by atoms with Gasteiger partial charge in [0, 0.05) is 25.3 Å². The summed E-state index contributed by atoms with van der Waals surface area (Å²) >= 11 is 0. The SMILES string of the molecule is CC(C)c1ncc(OC2CCOCC2)c(CN)n1. The lowest BCUT2D eigenvalue weighted by atomic mass is 10.1. The molecule has 0 aliphatic carbocycles. The quantitative estimate of drug-likeness (QED) is 0.880. The van der Waals surface area contributed by atoms with Gasteiger partial charge in [0.05, 0.1) is 25.1 Å². The number of nitrogens with two attached hydrogens (primary N) is 1. The lowest BCUT2D eigenvalue weighted by Crippen LogP contribution is -2.26. The Labute approximate surface area is 108 Å². The maximum Gasteiger partial charge on any atom is 0.160 e. The second kappa shape index (κ2) is 6.11. The molecule has 1 aromatic rings. The first-order valence-corrected chi connectivity index (χ1v) is 6.51. The van der Waals surface area contributed by atoms with Crippen molar-refractivity contribution in [1.29, 1.82) is 0 Å². The van der Waals surface area contributed by atoms with E-state index in [1.54, 1.807) is 6.20 Å². The van der Waals surface area contributed by atoms with Crippen LogP contribution in [-0.2, 0) is 11.3 Å². The lowest BCUT2D eigenvalue weighted by Gasteiger charge is -2.24. The topological polar surface area (TPSA) is 70.3 Å². The minimum atomic E-state index is 0.192. The molecule has 1 aliphatic rings. The first-order valence-electron chi connectivity index (χ1n) is 6.51. The molecule has 2 N–H and O–H groups in total. The molecule has 0 atom stereocenters. The fraction of sp³-hybridized carbons (Fsp3) is 0.692. The molecule has 0 unspecified atom stereocenters. The molecule has 0 bridgehead atoms. The van der Waals surface area contributed by atoms with Gasteiger partial charge in [0.25, 0.3) is 0 Å². The van der Waals surface area contributed by atoms with Crippen LogP contribution in [0.25, 0.3) is 0 Å². The average molecular weight is 251 g/mol. The van der Waals surface area contributed by atoms with Crippen LogP contribution in [0, 0.1) is 0 Å². The van der Waals surface area contributed by atoms with Gasteiger partial charge in [0.1, 0.15) is 11.9 Å². The van der Waals surface area contributed by atoms with Crippen molar-refractivity contribution < 1.29 is 9.47 Å². The average Bonchev–Trinajstić information content (AvgIpc) is 2.40. The van der Waals surface area contributed by atoms with Crippen molar-refractivity contribution in [3.63, 3.8) is 0 Å². The molecule has 1 fully saturated rings. The highest BCUT2D eigenvalue weighted by molar-refractivity contribution is 5.25. The van der Waals surface area contributed by atoms with E-state index in [1.165, 1.54) is 0 Å². The molecule has 2 heterocycles. The molecule has 100 valence electrons. The van der Waals surface area contributed by atoms with E-state index in [9.17, 15) is 0 Å². The van der Waals surface area contributed by atoms with E-state index in [0.29, 0.717) is 18.2 Å². The molecule has 0 saturated carbocycles. The summed E-state index contributed by atoms with van der Waals surface area (Å²) in [5.74, 6) is 1.83. The molecule has 1 saturated heterocycles. The van der Waals surface area contributed by atoms with Crippen LogP contribution in [0.2, 0.25) is 0 Å². The fourth-order valence-corrected chi connectivity index (χ4v) is 1.92. The summed E-state index contributed by atoms with van der Waals surface area (Å²) in [7, 11) is 0. The molecular weight excluding hydrogens is 230 g/mol. The summed E-state index contributed by atoms with van der Waals surface area (Å²) in [6, 6.07) is 0. The smallest absolute Gasteiger partial charge is 0.160 e. The van der Waals surface area contributed by atoms with Crippen LogP contribution in [0.1, 0.15) is 44.1 Å². The van der Waals surface area contributed by atoms with E-state index in [0.717, 1.165) is 37.6 Å². The summed E-state index contributed by atoms with van der Waals surface area (Å²) in [5, 5.41) is 0. The van der Waals surface area contributed by atoms with Gasteiger partial charge < -0.3 is 15.2 Å². The highest BCUT2D eigenvalue weighted by Crippen LogP contribution is 2.22. The Bertz CT molecular complexity index is 390. The van der Waals surface area contributed by atoms with Crippen LogP contribution in [0.5, 0.6) is 5.75 Å². The minimum absolute atomic E-state index is 0.192. The zero-order chi connectivity index (χ0) is 13.0. The number of nitrogens with zero attached hydrogens (tertiary/aromatic N) is 2. The predicted molar refractivity (Wildman–Crippen MR) is 68.5 cm³/mol. The Balaban J connectivity index is 2.11. The molecule has 0 aromatic carbocycles. The van der Waals surface area contributed by atoms with Gasteiger partial charge in [0.15, 0.2) is 5.75 Å². The molecule has 5 heteroatoms. The Morgan fingerprint density at radius 3 is 2.78 bits per heavy atom. The van der Waals surface area contributed by atoms with E-state index >= 15 is 0 Å². The minimum Gasteiger partial charge on any atom is -0.487 e. The Morgan fingerprint density at radius 1 is 1.44 bits per heavy atom. The highest BCUT2D eigenvalue weighted by Gasteiger charge is 2.18. The maximum atomic E-state index is 5.93. The van der Waals surface area contributed by atoms with Crippen LogP contribution >= 0.6 is 0 Å². The lowest BCUT2D eigenvalue weighted by molar-refractivity contribution is 0.0248. The normalized spacial score (nSPS) is 17.1. The summed E-state index contributed by atoms with van der Waals surface area (Å²) < 4.78 is 11.2. The third-order valence-electron chi connectivity index (χ3n) is 3.02. The number of aromatic nitrogens is 2. The third kappa shape index (κ3) is 3.17. The largest absolute Gasteiger partial charge is 0.487 e. The molecule has 0 spiro atoms. The van der Waals surface area contributed by atoms with Gasteiger partial charge in [-0.3, -0.25) is 0 Å². The molecular formula is C13H21N3O2. The van der Waals surface area contributed by atoms with Gasteiger partial charge in [-0.05, 0) is 0 Å². The summed E-state index contributed by atoms with van der Waals surface area (Å²) in [6.45, 7) is 6.02. The van der Waals surface area contributed by atoms with E-state index in [-0.39, 0.29) is 6.10 Å². The standard InChI is InChI=1S/C13H21N3O2/c1-9(2)13-15-8-12(11(7-14)16-13)18-10-3-5-17-6-4-10/h8-10H,3-7,14H2,1-2H3. The first-order chi connectivity index (χ1) is 8.70. The zero-order valence-electron chi connectivity index (χ0n) is 11.1. The van der Waals surface area contributed by atoms with Gasteiger partial charge in [-0.1, -0.05) is 13.8 Å². The van der Waals surface area contributed by atoms with Crippen molar-refractivity contribution in [1.82, 2.24) is 9.97 Å². The number of hydrogen-bond acceptors (Lipinski definition) is 5. The third-order valence-corrected chi connectivity index (χ3v) is 3.02. The van der Waals surface area contributed by atoms with E-state index < -0.39 is 0 Å². The van der Waals surface area contributed by atoms with Crippen LogP contribution in [0.15, 0.2) is 6.20 Å². The van der Waals surface area contributed by atoms with Crippen LogP contribution < -0.4 is 10.5 Å². The van der Waals surface area contributed by atoms with Gasteiger partial charge in [-0.15, -0.1) is 0 Å². The van der Waals surface area contributed by atoms with Crippen LogP contribution in [-0.4, -0.2) is 29.3 Å². The number of rotatable bonds is 4. The number of ether oxygens (including phenoxy) is 2. The van der Waals surface area contributed by atoms with Crippen LogP contribution in [0.4, 0.5) is 0 Å². The highest BCUT2D eigenvalue weighted by atomic mass is 16.5. The van der Waals surface area contributed by atoms with Crippen molar-refractivity contribution >= 4 is 0 Å². The van der Waals surface area contributed by atoms with E-state index in [2.05, 4.69) is 23.8 Å². The summed E-state index contributed by atoms with van der Waals surface area (Å²) in [4.78, 5) is 8.79. The monoisotopic (exact) mass is 251 g/mol. The maximum absolute atomic E-state index is 5.93. The summed E-state index contributed by atoms with van der Waals surface area (Å²) in [6.07, 6.45) is 3.77. The summed E-state index contributed by atoms with van der Waals surface area (Å²) in [5.41, 5.74) is 6.52. The predicted octanol–water partition coefficient (Wildman–Crippen LogP) is 1.62. The van der Waals surface area contributed by atoms with Crippen molar-refractivity contribution in [2.24, 2.45) is 5.73 Å². The fourth-order valence-electron chi connectivity index (χ4n) is 1.92. The molecule has 1 aliphatic heterocycles. The van der Waals surface area contributed by atoms with Gasteiger partial charge in [-0.25, -0.2) is 9.97 Å². The van der Waals surface area contributed by atoms with E-state index in [4.69, 9.17) is 15.2 Å². The van der Waals surface area contributed by atoms with Crippen LogP contribution in [0.3, 0.4) is 0 Å². The van der Waals surface area contributed by atoms with Gasteiger partial charge >= 0.3 is 0 Å². The molecule has 5 nitrogen and oxygen atoms in total. The Morgan fingerprint density at radius 2 is 2.17 bits per heavy atom. The second-order valence-electron chi connectivity index (χ2n) is 4.83. The molecule has 18 heavy (non-hydrogen) atoms. The van der Waals surface area contributed by atoms with E-state index in [1.807, 2.05) is 0 Å². The molecule has 1 aromatic heterocycles. The van der Waals surface area contributed by atoms with Crippen molar-refractivity contribution in [3.8, 4) is 5.75 Å². The Kier molecular flexibility index (Phi) is 4.49. The second-order valence-corrected chi connectivity index (χ2v) is 4.83. The van der Waals surface area contributed by atoms with Crippen molar-refractivity contribution in [2.45, 2.75) is 45.3 Å². The van der Waals surface area contributed by atoms with Gasteiger partial charge in [-0.2, -0.15) is 0 Å². The molecule has 0 radical (unpaired) electrons. The number of hydrogen-bond donors (Lipinski definition) is 1. The van der Waals surface area contributed by atoms with Crippen molar-refractivity contribution in [2.75, 3.05) is 13.2 Å².